The molecular formula is C32H27ClN4O2. The highest BCUT2D eigenvalue weighted by Crippen LogP contribution is 2.40. The van der Waals surface area contributed by atoms with E-state index >= 15 is 0 Å². The van der Waals surface area contributed by atoms with E-state index in [1.54, 1.807) is 6.07 Å². The monoisotopic (exact) mass is 534 g/mol. The van der Waals surface area contributed by atoms with Crippen molar-refractivity contribution < 1.29 is 9.59 Å². The highest BCUT2D eigenvalue weighted by atomic mass is 35.5. The summed E-state index contributed by atoms with van der Waals surface area (Å²) in [6.45, 7) is 1.32. The zero-order chi connectivity index (χ0) is 27.0. The molecule has 0 atom stereocenters. The fourth-order valence-corrected chi connectivity index (χ4v) is 5.83. The minimum atomic E-state index is -1.26. The Bertz CT molecular complexity index is 1550. The van der Waals surface area contributed by atoms with Gasteiger partial charge in [-0.05, 0) is 52.4 Å². The molecule has 0 fully saturated rings. The Morgan fingerprint density at radius 1 is 0.897 bits per heavy atom. The van der Waals surface area contributed by atoms with Gasteiger partial charge in [-0.15, -0.1) is 0 Å². The third-order valence-electron chi connectivity index (χ3n) is 7.51. The molecular weight excluding hydrogens is 508 g/mol. The average molecular weight is 535 g/mol. The Kier molecular flexibility index (Phi) is 6.41. The van der Waals surface area contributed by atoms with E-state index in [4.69, 9.17) is 22.3 Å². The number of benzene rings is 4. The minimum absolute atomic E-state index is 0.0558. The van der Waals surface area contributed by atoms with Crippen LogP contribution in [0.2, 0.25) is 5.02 Å². The molecule has 0 saturated heterocycles. The first kappa shape index (κ1) is 24.9. The number of aliphatic imine (C=N–C) groups is 1. The molecule has 0 radical (unpaired) electrons. The molecule has 0 aliphatic carbocycles. The number of halogens is 1. The first-order chi connectivity index (χ1) is 19.0. The quantitative estimate of drug-likeness (QED) is 0.385. The van der Waals surface area contributed by atoms with E-state index in [0.29, 0.717) is 18.7 Å². The number of guanidine groups is 1. The van der Waals surface area contributed by atoms with Crippen LogP contribution in [0, 0.1) is 0 Å². The summed E-state index contributed by atoms with van der Waals surface area (Å²) < 4.78 is 0. The standard InChI is InChI=1S/C32H27ClN4O2/c33-28-16-8-11-24-21-36(18-17-27(24)28)29(38)23-10-7-9-22(19-23)20-37-30(39)32(35-31(37)34,25-12-3-1-4-13-25)26-14-5-2-6-15-26/h1-16,19H,17-18,20-21H2,(H2,34,35). The normalized spacial score (nSPS) is 16.1. The molecule has 2 heterocycles. The number of amides is 2. The number of nitrogens with two attached hydrogens (primary N) is 1. The molecule has 2 N–H and O–H groups in total. The van der Waals surface area contributed by atoms with E-state index in [9.17, 15) is 9.59 Å². The maximum atomic E-state index is 14.1. The van der Waals surface area contributed by atoms with Crippen LogP contribution in [0.4, 0.5) is 0 Å². The van der Waals surface area contributed by atoms with E-state index in [1.807, 2.05) is 102 Å². The molecule has 2 aliphatic heterocycles. The minimum Gasteiger partial charge on any atom is -0.369 e. The van der Waals surface area contributed by atoms with Crippen molar-refractivity contribution in [3.05, 3.63) is 142 Å². The second kappa shape index (κ2) is 10.0. The number of hydrogen-bond donors (Lipinski definition) is 1. The van der Waals surface area contributed by atoms with Crippen molar-refractivity contribution in [2.75, 3.05) is 6.54 Å². The van der Waals surface area contributed by atoms with Crippen LogP contribution in [0.1, 0.15) is 38.2 Å². The van der Waals surface area contributed by atoms with Crippen LogP contribution < -0.4 is 5.73 Å². The van der Waals surface area contributed by atoms with Crippen LogP contribution >= 0.6 is 11.6 Å². The Morgan fingerprint density at radius 2 is 1.56 bits per heavy atom. The molecule has 2 amide bonds. The molecule has 0 spiro atoms. The number of hydrogen-bond acceptors (Lipinski definition) is 4. The van der Waals surface area contributed by atoms with Gasteiger partial charge in [0.25, 0.3) is 11.8 Å². The molecule has 6 rings (SSSR count). The molecule has 0 aromatic heterocycles. The Hall–Kier alpha value is -4.42. The van der Waals surface area contributed by atoms with Crippen LogP contribution in [-0.4, -0.2) is 34.1 Å². The molecule has 2 aliphatic rings. The van der Waals surface area contributed by atoms with Gasteiger partial charge in [0.05, 0.1) is 6.54 Å². The average Bonchev–Trinajstić information content (AvgIpc) is 3.23. The molecule has 39 heavy (non-hydrogen) atoms. The summed E-state index contributed by atoms with van der Waals surface area (Å²) in [5, 5.41) is 0.748. The second-order valence-electron chi connectivity index (χ2n) is 9.86. The highest BCUT2D eigenvalue weighted by molar-refractivity contribution is 6.31. The van der Waals surface area contributed by atoms with Crippen molar-refractivity contribution in [1.29, 1.82) is 0 Å². The van der Waals surface area contributed by atoms with E-state index in [1.165, 1.54) is 4.90 Å². The van der Waals surface area contributed by atoms with Crippen molar-refractivity contribution in [3.63, 3.8) is 0 Å². The van der Waals surface area contributed by atoms with Gasteiger partial charge in [-0.2, -0.15) is 0 Å². The lowest BCUT2D eigenvalue weighted by Gasteiger charge is -2.29. The zero-order valence-corrected chi connectivity index (χ0v) is 22.0. The van der Waals surface area contributed by atoms with Crippen molar-refractivity contribution >= 4 is 29.4 Å². The van der Waals surface area contributed by atoms with Gasteiger partial charge in [0, 0.05) is 23.7 Å². The lowest BCUT2D eigenvalue weighted by Crippen LogP contribution is -2.43. The zero-order valence-electron chi connectivity index (χ0n) is 21.3. The summed E-state index contributed by atoms with van der Waals surface area (Å²) in [4.78, 5) is 35.7. The largest absolute Gasteiger partial charge is 0.369 e. The first-order valence-corrected chi connectivity index (χ1v) is 13.3. The predicted molar refractivity (Wildman–Crippen MR) is 152 cm³/mol. The van der Waals surface area contributed by atoms with Gasteiger partial charge in [-0.25, -0.2) is 4.99 Å². The second-order valence-corrected chi connectivity index (χ2v) is 10.3. The van der Waals surface area contributed by atoms with Crippen LogP contribution in [0.5, 0.6) is 0 Å². The van der Waals surface area contributed by atoms with E-state index in [-0.39, 0.29) is 24.3 Å². The topological polar surface area (TPSA) is 79.0 Å². The fraction of sp³-hybridized carbons (Fsp3) is 0.156. The lowest BCUT2D eigenvalue weighted by molar-refractivity contribution is -0.130. The van der Waals surface area contributed by atoms with Crippen LogP contribution in [0.15, 0.2) is 108 Å². The molecule has 4 aromatic rings. The summed E-state index contributed by atoms with van der Waals surface area (Å²) in [6, 6.07) is 32.2. The SMILES string of the molecule is NC1=NC(c2ccccc2)(c2ccccc2)C(=O)N1Cc1cccc(C(=O)N2CCc3c(Cl)cccc3C2)c1. The first-order valence-electron chi connectivity index (χ1n) is 12.9. The fourth-order valence-electron chi connectivity index (χ4n) is 5.54. The van der Waals surface area contributed by atoms with E-state index in [0.717, 1.165) is 39.3 Å². The van der Waals surface area contributed by atoms with Crippen LogP contribution in [-0.2, 0) is 29.8 Å². The molecule has 7 heteroatoms. The molecule has 0 saturated carbocycles. The summed E-state index contributed by atoms with van der Waals surface area (Å²) >= 11 is 6.35. The summed E-state index contributed by atoms with van der Waals surface area (Å²) in [5.74, 6) is -0.132. The molecule has 0 unspecified atom stereocenters. The number of fused-ring (bicyclic) bond motifs is 1. The van der Waals surface area contributed by atoms with E-state index in [2.05, 4.69) is 0 Å². The molecule has 194 valence electrons. The van der Waals surface area contributed by atoms with Crippen molar-refractivity contribution in [3.8, 4) is 0 Å². The Morgan fingerprint density at radius 3 is 2.26 bits per heavy atom. The molecule has 0 bridgehead atoms. The smallest absolute Gasteiger partial charge is 0.266 e. The molecule has 6 nitrogen and oxygen atoms in total. The van der Waals surface area contributed by atoms with Gasteiger partial charge < -0.3 is 10.6 Å². The summed E-state index contributed by atoms with van der Waals surface area (Å²) in [7, 11) is 0. The molecule has 4 aromatic carbocycles. The van der Waals surface area contributed by atoms with Crippen LogP contribution in [0.25, 0.3) is 0 Å². The number of carbonyl (C=O) groups excluding carboxylic acids is 2. The van der Waals surface area contributed by atoms with Gasteiger partial charge in [-0.3, -0.25) is 14.5 Å². The van der Waals surface area contributed by atoms with Crippen molar-refractivity contribution in [2.45, 2.75) is 25.0 Å². The lowest BCUT2D eigenvalue weighted by atomic mass is 9.83. The van der Waals surface area contributed by atoms with Crippen molar-refractivity contribution in [1.82, 2.24) is 9.80 Å². The highest BCUT2D eigenvalue weighted by Gasteiger charge is 2.50. The maximum Gasteiger partial charge on any atom is 0.266 e. The summed E-state index contributed by atoms with van der Waals surface area (Å²) in [5.41, 5.74) is 10.2. The number of carbonyl (C=O) groups is 2. The Labute approximate surface area is 232 Å². The van der Waals surface area contributed by atoms with Gasteiger partial charge in [0.2, 0.25) is 0 Å². The maximum absolute atomic E-state index is 14.1. The number of nitrogens with zero attached hydrogens (tertiary/aromatic N) is 3. The van der Waals surface area contributed by atoms with E-state index < -0.39 is 5.54 Å². The number of rotatable bonds is 5. The van der Waals surface area contributed by atoms with Gasteiger partial charge in [-0.1, -0.05) is 96.5 Å². The van der Waals surface area contributed by atoms with Gasteiger partial charge in [0.15, 0.2) is 11.5 Å². The third-order valence-corrected chi connectivity index (χ3v) is 7.86. The Balaban J connectivity index is 1.27. The summed E-state index contributed by atoms with van der Waals surface area (Å²) in [6.07, 6.45) is 0.719. The predicted octanol–water partition coefficient (Wildman–Crippen LogP) is 5.14. The van der Waals surface area contributed by atoms with Crippen molar-refractivity contribution in [2.24, 2.45) is 10.7 Å². The van der Waals surface area contributed by atoms with Crippen LogP contribution in [0.3, 0.4) is 0 Å². The van der Waals surface area contributed by atoms with Gasteiger partial charge in [0.1, 0.15) is 0 Å². The third kappa shape index (κ3) is 4.37. The van der Waals surface area contributed by atoms with Gasteiger partial charge >= 0.3 is 0 Å².